The van der Waals surface area contributed by atoms with Crippen LogP contribution in [0.4, 0.5) is 68.2 Å². The molecule has 0 amide bonds. The van der Waals surface area contributed by atoms with Gasteiger partial charge >= 0.3 is 0 Å². The molecule has 5 heterocycles. The van der Waals surface area contributed by atoms with Crippen molar-refractivity contribution < 1.29 is 0 Å². The molecule has 0 radical (unpaired) electrons. The van der Waals surface area contributed by atoms with Crippen molar-refractivity contribution in [1.82, 2.24) is 0 Å². The Morgan fingerprint density at radius 1 is 0.388 bits per heavy atom. The van der Waals surface area contributed by atoms with Crippen LogP contribution in [0.2, 0.25) is 0 Å². The second kappa shape index (κ2) is 14.5. The van der Waals surface area contributed by atoms with Crippen LogP contribution in [0.3, 0.4) is 0 Å². The molecule has 0 aromatic heterocycles. The van der Waals surface area contributed by atoms with Gasteiger partial charge < -0.3 is 19.6 Å². The van der Waals surface area contributed by atoms with Gasteiger partial charge in [-0.05, 0) is 131 Å². The van der Waals surface area contributed by atoms with Crippen LogP contribution in [0.1, 0.15) is 73.3 Å². The van der Waals surface area contributed by atoms with E-state index in [0.717, 1.165) is 11.4 Å². The van der Waals surface area contributed by atoms with Crippen molar-refractivity contribution in [2.24, 2.45) is 0 Å². The summed E-state index contributed by atoms with van der Waals surface area (Å²) in [4.78, 5) is 12.8. The monoisotopic (exact) mass is 878 g/mol. The number of fused-ring (bicyclic) bond motifs is 8. The zero-order chi connectivity index (χ0) is 44.7. The Balaban J connectivity index is 1.11. The van der Waals surface area contributed by atoms with E-state index in [9.17, 15) is 0 Å². The van der Waals surface area contributed by atoms with Gasteiger partial charge in [-0.25, -0.2) is 0 Å². The lowest BCUT2D eigenvalue weighted by Crippen LogP contribution is -2.58. The molecular weight excluding hydrogens is 832 g/mol. The fourth-order valence-corrected chi connectivity index (χ4v) is 13.2. The minimum atomic E-state index is -0.00145. The van der Waals surface area contributed by atoms with Gasteiger partial charge in [0, 0.05) is 44.4 Å². The van der Waals surface area contributed by atoms with Crippen molar-refractivity contribution >= 4 is 103 Å². The topological polar surface area (TPSA) is 13.0 Å². The molecule has 4 bridgehead atoms. The maximum atomic E-state index is 2.60. The van der Waals surface area contributed by atoms with Crippen LogP contribution in [0.15, 0.2) is 204 Å². The van der Waals surface area contributed by atoms with E-state index in [1.807, 2.05) is 11.8 Å². The van der Waals surface area contributed by atoms with Gasteiger partial charge in [-0.15, -0.1) is 0 Å². The lowest BCUT2D eigenvalue weighted by molar-refractivity contribution is 0.835. The van der Waals surface area contributed by atoms with Crippen LogP contribution < -0.4 is 36.0 Å². The molecule has 9 aromatic rings. The normalized spacial score (nSPS) is 16.6. The van der Waals surface area contributed by atoms with E-state index in [-0.39, 0.29) is 18.5 Å². The molecule has 9 aromatic carbocycles. The van der Waals surface area contributed by atoms with Crippen molar-refractivity contribution in [3.8, 4) is 0 Å². The van der Waals surface area contributed by atoms with Crippen molar-refractivity contribution in [1.29, 1.82) is 0 Å². The zero-order valence-electron chi connectivity index (χ0n) is 38.0. The first-order valence-corrected chi connectivity index (χ1v) is 24.6. The number of rotatable bonds is 3. The fourth-order valence-electron chi connectivity index (χ4n) is 12.1. The molecule has 0 spiro atoms. The molecule has 14 rings (SSSR count). The summed E-state index contributed by atoms with van der Waals surface area (Å²) in [6.07, 6.45) is 0. The highest BCUT2D eigenvalue weighted by Gasteiger charge is 2.43. The third kappa shape index (κ3) is 5.51. The van der Waals surface area contributed by atoms with Crippen LogP contribution in [0.25, 0.3) is 0 Å². The Morgan fingerprint density at radius 2 is 0.791 bits per heavy atom. The number of hydrogen-bond donors (Lipinski definition) is 0. The van der Waals surface area contributed by atoms with Gasteiger partial charge in [-0.1, -0.05) is 153 Å². The second-order valence-electron chi connectivity index (χ2n) is 19.1. The second-order valence-corrected chi connectivity index (χ2v) is 20.2. The molecule has 5 aliphatic rings. The Kier molecular flexibility index (Phi) is 8.43. The van der Waals surface area contributed by atoms with Crippen LogP contribution >= 0.6 is 11.8 Å². The van der Waals surface area contributed by atoms with Gasteiger partial charge in [0.15, 0.2) is 0 Å². The third-order valence-corrected chi connectivity index (χ3v) is 16.4. The molecule has 0 aliphatic carbocycles. The Bertz CT molecular complexity index is 3290. The standard InChI is InChI=1S/C61H47BN4S/c1-37(2)40-33-47-38(3)45-21-15-27-55-60(45)65(53-25-13-11-23-51(53)63(55)41-17-7-5-8-18-41)43-29-31-57-49(35-43)62-50-36-44(30-32-58(50)67-57)66-54-26-14-12-24-52(54)64(42-19-9-6-10-20-42)56-28-16-22-46(61(56)66)39(4)48(34-40)59(47)62/h5-39H,1-4H3. The van der Waals surface area contributed by atoms with Crippen molar-refractivity contribution in [3.05, 3.63) is 222 Å². The lowest BCUT2D eigenvalue weighted by atomic mass is 9.34. The largest absolute Gasteiger partial charge is 0.306 e. The highest BCUT2D eigenvalue weighted by molar-refractivity contribution is 8.00. The first-order chi connectivity index (χ1) is 32.9. The zero-order valence-corrected chi connectivity index (χ0v) is 38.8. The van der Waals surface area contributed by atoms with Gasteiger partial charge in [0.1, 0.15) is 0 Å². The number of para-hydroxylation sites is 8. The van der Waals surface area contributed by atoms with Gasteiger partial charge in [0.2, 0.25) is 6.71 Å². The SMILES string of the molecule is CC(C)c1cc2c3c(c1)C(C)c1cccc4c1N(c1ccc5c(c1)B3c1cc(ccc1S5)N1c3ccccc3N(c3ccccc3)c3cccc(c31)C2C)c1ccccc1N4c1ccccc1. The summed E-state index contributed by atoms with van der Waals surface area (Å²) in [6.45, 7) is 9.70. The molecule has 320 valence electrons. The molecule has 0 fully saturated rings. The third-order valence-electron chi connectivity index (χ3n) is 15.2. The van der Waals surface area contributed by atoms with Gasteiger partial charge in [0.05, 0.1) is 45.5 Å². The van der Waals surface area contributed by atoms with Crippen LogP contribution in [-0.2, 0) is 0 Å². The van der Waals surface area contributed by atoms with E-state index in [0.29, 0.717) is 5.92 Å². The summed E-state index contributed by atoms with van der Waals surface area (Å²) in [5, 5.41) is 0. The Morgan fingerprint density at radius 3 is 1.22 bits per heavy atom. The summed E-state index contributed by atoms with van der Waals surface area (Å²) < 4.78 is 0. The molecule has 2 unspecified atom stereocenters. The van der Waals surface area contributed by atoms with Crippen LogP contribution in [0, 0.1) is 0 Å². The summed E-state index contributed by atoms with van der Waals surface area (Å²) in [5.74, 6) is 0.436. The number of hydrogen-bond acceptors (Lipinski definition) is 5. The maximum Gasteiger partial charge on any atom is 0.245 e. The predicted molar refractivity (Wildman–Crippen MR) is 283 cm³/mol. The Labute approximate surface area is 397 Å². The minimum absolute atomic E-state index is 0.00145. The van der Waals surface area contributed by atoms with E-state index in [2.05, 4.69) is 241 Å². The molecule has 6 heteroatoms. The van der Waals surface area contributed by atoms with Crippen molar-refractivity contribution in [3.63, 3.8) is 0 Å². The number of nitrogens with zero attached hydrogens (tertiary/aromatic N) is 4. The van der Waals surface area contributed by atoms with E-state index in [1.165, 1.54) is 111 Å². The highest BCUT2D eigenvalue weighted by Crippen LogP contribution is 2.59. The van der Waals surface area contributed by atoms with Crippen molar-refractivity contribution in [2.45, 2.75) is 55.2 Å². The Hall–Kier alpha value is -7.41. The van der Waals surface area contributed by atoms with Crippen LogP contribution in [0.5, 0.6) is 0 Å². The molecule has 67 heavy (non-hydrogen) atoms. The number of benzene rings is 9. The lowest BCUT2D eigenvalue weighted by Gasteiger charge is -2.44. The van der Waals surface area contributed by atoms with Gasteiger partial charge in [0.25, 0.3) is 0 Å². The average molecular weight is 879 g/mol. The van der Waals surface area contributed by atoms with Crippen LogP contribution in [-0.4, -0.2) is 6.71 Å². The van der Waals surface area contributed by atoms with Crippen molar-refractivity contribution in [2.75, 3.05) is 19.6 Å². The molecule has 5 aliphatic heterocycles. The molecule has 0 saturated heterocycles. The maximum absolute atomic E-state index is 2.60. The van der Waals surface area contributed by atoms with Gasteiger partial charge in [-0.2, -0.15) is 0 Å². The molecule has 2 atom stereocenters. The minimum Gasteiger partial charge on any atom is -0.306 e. The smallest absolute Gasteiger partial charge is 0.245 e. The molecule has 0 saturated carbocycles. The molecular formula is C61H47BN4S. The summed E-state index contributed by atoms with van der Waals surface area (Å²) in [6, 6.07) is 73.7. The first-order valence-electron chi connectivity index (χ1n) is 23.8. The molecule has 0 N–H and O–H groups in total. The first kappa shape index (κ1) is 38.8. The summed E-state index contributed by atoms with van der Waals surface area (Å²) >= 11 is 1.93. The van der Waals surface area contributed by atoms with E-state index >= 15 is 0 Å². The highest BCUT2D eigenvalue weighted by atomic mass is 32.2. The summed E-state index contributed by atoms with van der Waals surface area (Å²) in [7, 11) is 0. The van der Waals surface area contributed by atoms with E-state index < -0.39 is 0 Å². The summed E-state index contributed by atoms with van der Waals surface area (Å²) in [5.41, 5.74) is 25.3. The van der Waals surface area contributed by atoms with E-state index in [4.69, 9.17) is 0 Å². The quantitative estimate of drug-likeness (QED) is 0.164. The molecule has 4 nitrogen and oxygen atoms in total. The van der Waals surface area contributed by atoms with E-state index in [1.54, 1.807) is 0 Å². The predicted octanol–water partition coefficient (Wildman–Crippen LogP) is 15.2. The number of anilines is 12. The fraction of sp³-hybridized carbons (Fsp3) is 0.115. The average Bonchev–Trinajstić information content (AvgIpc) is 3.37. The van der Waals surface area contributed by atoms with Gasteiger partial charge in [-0.3, -0.25) is 0 Å².